The average molecular weight is 333 g/mol. The number of sulfone groups is 1. The lowest BCUT2D eigenvalue weighted by atomic mass is 9.78. The first-order valence-corrected chi connectivity index (χ1v) is 8.86. The summed E-state index contributed by atoms with van der Waals surface area (Å²) in [5.74, 6) is 0.776. The number of aromatic nitrogens is 2. The molecule has 1 spiro atoms. The molecule has 21 heavy (non-hydrogen) atoms. The van der Waals surface area contributed by atoms with Crippen LogP contribution >= 0.6 is 12.4 Å². The number of nitrogens with zero attached hydrogens (tertiary/aromatic N) is 3. The number of hydrogen-bond acceptors (Lipinski definition) is 6. The Hall–Kier alpha value is -0.920. The normalized spacial score (nSPS) is 21.3. The van der Waals surface area contributed by atoms with E-state index in [1.807, 2.05) is 0 Å². The van der Waals surface area contributed by atoms with Crippen molar-refractivity contribution < 1.29 is 8.42 Å². The zero-order valence-corrected chi connectivity index (χ0v) is 13.7. The molecule has 1 N–H and O–H groups in total. The highest BCUT2D eigenvalue weighted by Gasteiger charge is 2.37. The van der Waals surface area contributed by atoms with Gasteiger partial charge in [0.15, 0.2) is 14.9 Å². The van der Waals surface area contributed by atoms with Gasteiger partial charge in [0.25, 0.3) is 0 Å². The third-order valence-corrected chi connectivity index (χ3v) is 5.45. The van der Waals surface area contributed by atoms with Gasteiger partial charge in [0.05, 0.1) is 12.4 Å². The Bertz CT molecular complexity index is 575. The minimum absolute atomic E-state index is 0. The molecule has 0 atom stereocenters. The second-order valence-electron chi connectivity index (χ2n) is 5.90. The van der Waals surface area contributed by atoms with E-state index < -0.39 is 9.84 Å². The van der Waals surface area contributed by atoms with Gasteiger partial charge in [-0.25, -0.2) is 18.4 Å². The monoisotopic (exact) mass is 332 g/mol. The summed E-state index contributed by atoms with van der Waals surface area (Å²) in [6, 6.07) is 0. The first kappa shape index (κ1) is 16.5. The van der Waals surface area contributed by atoms with E-state index in [1.54, 1.807) is 6.20 Å². The van der Waals surface area contributed by atoms with Crippen molar-refractivity contribution in [3.8, 4) is 0 Å². The highest BCUT2D eigenvalue weighted by atomic mass is 35.5. The molecule has 0 aromatic carbocycles. The smallest absolute Gasteiger partial charge is 0.194 e. The molecule has 6 nitrogen and oxygen atoms in total. The Labute approximate surface area is 131 Å². The first-order chi connectivity index (χ1) is 9.49. The summed E-state index contributed by atoms with van der Waals surface area (Å²) in [5, 5.41) is 3.49. The van der Waals surface area contributed by atoms with Crippen LogP contribution in [0.1, 0.15) is 19.3 Å². The van der Waals surface area contributed by atoms with Crippen LogP contribution in [0.3, 0.4) is 0 Å². The molecule has 1 aromatic heterocycles. The fraction of sp³-hybridized carbons (Fsp3) is 0.692. The van der Waals surface area contributed by atoms with Crippen LogP contribution in [0.15, 0.2) is 17.4 Å². The van der Waals surface area contributed by atoms with Gasteiger partial charge in [-0.3, -0.25) is 0 Å². The van der Waals surface area contributed by atoms with Crippen LogP contribution in [0, 0.1) is 5.41 Å². The molecule has 2 aliphatic heterocycles. The van der Waals surface area contributed by atoms with Crippen LogP contribution in [0.2, 0.25) is 0 Å². The highest BCUT2D eigenvalue weighted by Crippen LogP contribution is 2.37. The molecular weight excluding hydrogens is 312 g/mol. The largest absolute Gasteiger partial charge is 0.355 e. The summed E-state index contributed by atoms with van der Waals surface area (Å²) >= 11 is 0. The summed E-state index contributed by atoms with van der Waals surface area (Å²) in [6.45, 7) is 4.19. The molecule has 3 heterocycles. The molecule has 0 radical (unpaired) electrons. The second-order valence-corrected chi connectivity index (χ2v) is 7.86. The van der Waals surface area contributed by atoms with Crippen molar-refractivity contribution in [3.63, 3.8) is 0 Å². The van der Waals surface area contributed by atoms with E-state index in [0.29, 0.717) is 5.41 Å². The molecule has 0 bridgehead atoms. The maximum absolute atomic E-state index is 11.4. The van der Waals surface area contributed by atoms with Crippen LogP contribution in [0.4, 0.5) is 5.82 Å². The van der Waals surface area contributed by atoms with Crippen molar-refractivity contribution in [2.24, 2.45) is 5.41 Å². The molecule has 2 aliphatic rings. The molecular formula is C13H21ClN4O2S. The quantitative estimate of drug-likeness (QED) is 0.866. The Morgan fingerprint density at radius 3 is 2.38 bits per heavy atom. The van der Waals surface area contributed by atoms with Crippen LogP contribution in [-0.2, 0) is 9.84 Å². The highest BCUT2D eigenvalue weighted by molar-refractivity contribution is 7.90. The van der Waals surface area contributed by atoms with E-state index in [0.717, 1.165) is 51.1 Å². The van der Waals surface area contributed by atoms with E-state index in [-0.39, 0.29) is 17.4 Å². The predicted octanol–water partition coefficient (Wildman–Crippen LogP) is 0.882. The molecule has 3 rings (SSSR count). The number of piperidine rings is 1. The molecule has 0 amide bonds. The van der Waals surface area contributed by atoms with Gasteiger partial charge in [-0.1, -0.05) is 0 Å². The van der Waals surface area contributed by atoms with Gasteiger partial charge in [0.1, 0.15) is 5.82 Å². The summed E-state index contributed by atoms with van der Waals surface area (Å²) in [6.07, 6.45) is 7.66. The Morgan fingerprint density at radius 1 is 1.19 bits per heavy atom. The summed E-state index contributed by atoms with van der Waals surface area (Å²) in [4.78, 5) is 10.5. The van der Waals surface area contributed by atoms with Crippen molar-refractivity contribution >= 4 is 28.1 Å². The SMILES string of the molecule is CS(=O)(=O)c1cnc(N2CCC3(CCNC3)CC2)cn1.Cl. The van der Waals surface area contributed by atoms with Gasteiger partial charge in [-0.2, -0.15) is 0 Å². The molecule has 8 heteroatoms. The third-order valence-electron chi connectivity index (χ3n) is 4.47. The Morgan fingerprint density at radius 2 is 1.90 bits per heavy atom. The number of hydrogen-bond donors (Lipinski definition) is 1. The molecule has 118 valence electrons. The zero-order chi connectivity index (χ0) is 14.2. The third kappa shape index (κ3) is 3.46. The maximum atomic E-state index is 11.4. The van der Waals surface area contributed by atoms with Crippen molar-refractivity contribution in [1.29, 1.82) is 0 Å². The lowest BCUT2D eigenvalue weighted by molar-refractivity contribution is 0.247. The van der Waals surface area contributed by atoms with Gasteiger partial charge in [-0.15, -0.1) is 12.4 Å². The van der Waals surface area contributed by atoms with Crippen molar-refractivity contribution in [2.45, 2.75) is 24.3 Å². The van der Waals surface area contributed by atoms with Gasteiger partial charge < -0.3 is 10.2 Å². The van der Waals surface area contributed by atoms with Crippen LogP contribution in [0.25, 0.3) is 0 Å². The minimum atomic E-state index is -3.27. The fourth-order valence-electron chi connectivity index (χ4n) is 3.10. The molecule has 2 saturated heterocycles. The first-order valence-electron chi connectivity index (χ1n) is 6.96. The number of halogens is 1. The van der Waals surface area contributed by atoms with Gasteiger partial charge in [0.2, 0.25) is 0 Å². The lowest BCUT2D eigenvalue weighted by Gasteiger charge is -2.39. The predicted molar refractivity (Wildman–Crippen MR) is 83.8 cm³/mol. The van der Waals surface area contributed by atoms with E-state index in [9.17, 15) is 8.42 Å². The van der Waals surface area contributed by atoms with Gasteiger partial charge in [0, 0.05) is 25.9 Å². The van der Waals surface area contributed by atoms with Crippen molar-refractivity contribution in [1.82, 2.24) is 15.3 Å². The Balaban J connectivity index is 0.00000161. The number of anilines is 1. The molecule has 0 aliphatic carbocycles. The van der Waals surface area contributed by atoms with Crippen LogP contribution in [0.5, 0.6) is 0 Å². The van der Waals surface area contributed by atoms with Gasteiger partial charge >= 0.3 is 0 Å². The average Bonchev–Trinajstić information content (AvgIpc) is 2.87. The van der Waals surface area contributed by atoms with E-state index in [1.165, 1.54) is 12.6 Å². The molecule has 0 saturated carbocycles. The standard InChI is InChI=1S/C13H20N4O2S.ClH/c1-20(18,19)12-9-15-11(8-16-12)17-6-3-13(4-7-17)2-5-14-10-13;/h8-9,14H,2-7,10H2,1H3;1H. The minimum Gasteiger partial charge on any atom is -0.355 e. The van der Waals surface area contributed by atoms with Gasteiger partial charge in [-0.05, 0) is 31.2 Å². The van der Waals surface area contributed by atoms with Crippen LogP contribution in [-0.4, -0.2) is 50.8 Å². The van der Waals surface area contributed by atoms with E-state index in [4.69, 9.17) is 0 Å². The molecule has 2 fully saturated rings. The van der Waals surface area contributed by atoms with Crippen molar-refractivity contribution in [2.75, 3.05) is 37.3 Å². The second kappa shape index (κ2) is 6.06. The molecule has 1 aromatic rings. The maximum Gasteiger partial charge on any atom is 0.194 e. The van der Waals surface area contributed by atoms with E-state index >= 15 is 0 Å². The van der Waals surface area contributed by atoms with Crippen molar-refractivity contribution in [3.05, 3.63) is 12.4 Å². The zero-order valence-electron chi connectivity index (χ0n) is 12.1. The Kier molecular flexibility index (Phi) is 4.75. The van der Waals surface area contributed by atoms with E-state index in [2.05, 4.69) is 20.2 Å². The number of nitrogens with one attached hydrogen (secondary N) is 1. The van der Waals surface area contributed by atoms with Crippen LogP contribution < -0.4 is 10.2 Å². The summed E-state index contributed by atoms with van der Waals surface area (Å²) in [5.41, 5.74) is 0.469. The topological polar surface area (TPSA) is 75.2 Å². The summed E-state index contributed by atoms with van der Waals surface area (Å²) in [7, 11) is -3.27. The molecule has 0 unspecified atom stereocenters. The fourth-order valence-corrected chi connectivity index (χ4v) is 3.58. The summed E-state index contributed by atoms with van der Waals surface area (Å²) < 4.78 is 22.7. The number of rotatable bonds is 2. The lowest BCUT2D eigenvalue weighted by Crippen LogP contribution is -2.41.